The highest BCUT2D eigenvalue weighted by Gasteiger charge is 2.08. The second kappa shape index (κ2) is 8.76. The fourth-order valence-corrected chi connectivity index (χ4v) is 4.10. The lowest BCUT2D eigenvalue weighted by Gasteiger charge is -2.10. The van der Waals surface area contributed by atoms with Crippen molar-refractivity contribution in [3.63, 3.8) is 0 Å². The number of fused-ring (bicyclic) bond motifs is 1. The molecule has 2 heterocycles. The van der Waals surface area contributed by atoms with Gasteiger partial charge in [-0.05, 0) is 29.7 Å². The van der Waals surface area contributed by atoms with Gasteiger partial charge in [0.2, 0.25) is 0 Å². The molecule has 0 atom stereocenters. The third-order valence-corrected chi connectivity index (χ3v) is 5.60. The van der Waals surface area contributed by atoms with Crippen LogP contribution in [0.5, 0.6) is 5.75 Å². The molecular formula is C24H21N3OS. The average Bonchev–Trinajstić information content (AvgIpc) is 3.23. The normalized spacial score (nSPS) is 10.6. The van der Waals surface area contributed by atoms with E-state index in [1.54, 1.807) is 17.7 Å². The van der Waals surface area contributed by atoms with E-state index in [1.165, 1.54) is 5.39 Å². The minimum absolute atomic E-state index is 0.654. The Hall–Kier alpha value is -3.36. The Balaban J connectivity index is 1.46. The Morgan fingerprint density at radius 1 is 1.14 bits per heavy atom. The quantitative estimate of drug-likeness (QED) is 0.423. The van der Waals surface area contributed by atoms with Crippen molar-refractivity contribution in [2.45, 2.75) is 13.3 Å². The smallest absolute Gasteiger partial charge is 0.130 e. The molecule has 4 rings (SSSR count). The number of anilines is 1. The van der Waals surface area contributed by atoms with Crippen molar-refractivity contribution >= 4 is 27.9 Å². The lowest BCUT2D eigenvalue weighted by atomic mass is 9.97. The number of thiophene rings is 1. The summed E-state index contributed by atoms with van der Waals surface area (Å²) in [5.41, 5.74) is 3.01. The SMILES string of the molecule is C#Cc1c(CCNc2cc(-c3cc(OCC)cs3)ncn2)ccc2ccccc12. The second-order valence-electron chi connectivity index (χ2n) is 6.51. The van der Waals surface area contributed by atoms with Crippen LogP contribution >= 0.6 is 11.3 Å². The van der Waals surface area contributed by atoms with Gasteiger partial charge in [-0.1, -0.05) is 42.3 Å². The number of hydrogen-bond acceptors (Lipinski definition) is 5. The molecule has 0 saturated carbocycles. The summed E-state index contributed by atoms with van der Waals surface area (Å²) in [7, 11) is 0. The van der Waals surface area contributed by atoms with Crippen LogP contribution in [0.3, 0.4) is 0 Å². The zero-order valence-corrected chi connectivity index (χ0v) is 17.0. The van der Waals surface area contributed by atoms with Crippen LogP contribution in [0.4, 0.5) is 5.82 Å². The molecule has 0 saturated heterocycles. The van der Waals surface area contributed by atoms with E-state index < -0.39 is 0 Å². The minimum atomic E-state index is 0.654. The lowest BCUT2D eigenvalue weighted by molar-refractivity contribution is 0.342. The number of nitrogens with zero attached hydrogens (tertiary/aromatic N) is 2. The number of benzene rings is 2. The van der Waals surface area contributed by atoms with Crippen LogP contribution in [-0.4, -0.2) is 23.1 Å². The maximum Gasteiger partial charge on any atom is 0.130 e. The molecule has 5 heteroatoms. The van der Waals surface area contributed by atoms with Gasteiger partial charge in [-0.2, -0.15) is 0 Å². The first-order chi connectivity index (χ1) is 14.3. The zero-order chi connectivity index (χ0) is 20.1. The second-order valence-corrected chi connectivity index (χ2v) is 7.42. The van der Waals surface area contributed by atoms with Gasteiger partial charge in [0.1, 0.15) is 17.9 Å². The van der Waals surface area contributed by atoms with Crippen LogP contribution in [0.15, 0.2) is 60.2 Å². The number of aromatic nitrogens is 2. The molecule has 2 aromatic heterocycles. The topological polar surface area (TPSA) is 47.0 Å². The Kier molecular flexibility index (Phi) is 5.73. The summed E-state index contributed by atoms with van der Waals surface area (Å²) >= 11 is 1.61. The largest absolute Gasteiger partial charge is 0.493 e. The van der Waals surface area contributed by atoms with E-state index in [9.17, 15) is 0 Å². The molecule has 0 spiro atoms. The van der Waals surface area contributed by atoms with Gasteiger partial charge >= 0.3 is 0 Å². The van der Waals surface area contributed by atoms with Crippen LogP contribution in [-0.2, 0) is 6.42 Å². The first-order valence-electron chi connectivity index (χ1n) is 9.53. The van der Waals surface area contributed by atoms with E-state index in [1.807, 2.05) is 36.6 Å². The van der Waals surface area contributed by atoms with Crippen molar-refractivity contribution in [3.8, 4) is 28.7 Å². The van der Waals surface area contributed by atoms with Crippen molar-refractivity contribution in [1.82, 2.24) is 9.97 Å². The van der Waals surface area contributed by atoms with E-state index >= 15 is 0 Å². The van der Waals surface area contributed by atoms with Crippen molar-refractivity contribution < 1.29 is 4.74 Å². The number of hydrogen-bond donors (Lipinski definition) is 1. The van der Waals surface area contributed by atoms with Crippen LogP contribution in [0.2, 0.25) is 0 Å². The summed E-state index contributed by atoms with van der Waals surface area (Å²) < 4.78 is 5.54. The molecule has 0 radical (unpaired) electrons. The molecule has 4 aromatic rings. The maximum absolute atomic E-state index is 5.81. The molecular weight excluding hydrogens is 378 g/mol. The van der Waals surface area contributed by atoms with E-state index in [0.29, 0.717) is 6.61 Å². The van der Waals surface area contributed by atoms with Crippen molar-refractivity contribution in [2.75, 3.05) is 18.5 Å². The highest BCUT2D eigenvalue weighted by atomic mass is 32.1. The summed E-state index contributed by atoms with van der Waals surface area (Å²) in [4.78, 5) is 9.79. The van der Waals surface area contributed by atoms with Crippen LogP contribution in [0, 0.1) is 12.3 Å². The van der Waals surface area contributed by atoms with Crippen LogP contribution in [0.25, 0.3) is 21.3 Å². The number of ether oxygens (including phenoxy) is 1. The van der Waals surface area contributed by atoms with Crippen molar-refractivity contribution in [2.24, 2.45) is 0 Å². The maximum atomic E-state index is 5.81. The van der Waals surface area contributed by atoms with Gasteiger partial charge < -0.3 is 10.1 Å². The summed E-state index contributed by atoms with van der Waals surface area (Å²) in [6.45, 7) is 3.37. The molecule has 1 N–H and O–H groups in total. The Morgan fingerprint density at radius 3 is 2.90 bits per heavy atom. The highest BCUT2D eigenvalue weighted by Crippen LogP contribution is 2.30. The molecule has 0 amide bonds. The fourth-order valence-electron chi connectivity index (χ4n) is 3.30. The molecule has 144 valence electrons. The van der Waals surface area contributed by atoms with Crippen molar-refractivity contribution in [3.05, 3.63) is 71.4 Å². The molecule has 29 heavy (non-hydrogen) atoms. The summed E-state index contributed by atoms with van der Waals surface area (Å²) in [5.74, 6) is 4.54. The zero-order valence-electron chi connectivity index (χ0n) is 16.2. The molecule has 0 aliphatic carbocycles. The molecule has 4 nitrogen and oxygen atoms in total. The monoisotopic (exact) mass is 399 g/mol. The Bertz CT molecular complexity index is 1180. The standard InChI is InChI=1S/C24H21N3OS/c1-3-20-18(10-9-17-7-5-6-8-21(17)20)11-12-25-24-14-22(26-16-27-24)23-13-19(15-29-23)28-4-2/h1,5-10,13-16H,4,11-12H2,2H3,(H,25,26,27). The van der Waals surface area contributed by atoms with Gasteiger partial charge in [0.05, 0.1) is 17.2 Å². The van der Waals surface area contributed by atoms with Crippen LogP contribution < -0.4 is 10.1 Å². The first-order valence-corrected chi connectivity index (χ1v) is 10.4. The van der Waals surface area contributed by atoms with E-state index in [2.05, 4.69) is 45.5 Å². The van der Waals surface area contributed by atoms with Crippen LogP contribution in [0.1, 0.15) is 18.1 Å². The predicted molar refractivity (Wildman–Crippen MR) is 121 cm³/mol. The van der Waals surface area contributed by atoms with Crippen molar-refractivity contribution in [1.29, 1.82) is 0 Å². The van der Waals surface area contributed by atoms with E-state index in [4.69, 9.17) is 11.2 Å². The molecule has 0 fully saturated rings. The first kappa shape index (κ1) is 19.0. The minimum Gasteiger partial charge on any atom is -0.493 e. The third-order valence-electron chi connectivity index (χ3n) is 4.67. The van der Waals surface area contributed by atoms with E-state index in [-0.39, 0.29) is 0 Å². The summed E-state index contributed by atoms with van der Waals surface area (Å²) in [6, 6.07) is 16.4. The van der Waals surface area contributed by atoms with Gasteiger partial charge in [-0.25, -0.2) is 9.97 Å². The average molecular weight is 400 g/mol. The van der Waals surface area contributed by atoms with Gasteiger partial charge in [-0.3, -0.25) is 0 Å². The van der Waals surface area contributed by atoms with Gasteiger partial charge in [0.15, 0.2) is 0 Å². The fraction of sp³-hybridized carbons (Fsp3) is 0.167. The molecule has 0 aliphatic heterocycles. The lowest BCUT2D eigenvalue weighted by Crippen LogP contribution is -2.07. The molecule has 0 bridgehead atoms. The van der Waals surface area contributed by atoms with Gasteiger partial charge in [0.25, 0.3) is 0 Å². The Morgan fingerprint density at radius 2 is 2.03 bits per heavy atom. The number of terminal acetylenes is 1. The van der Waals surface area contributed by atoms with E-state index in [0.717, 1.165) is 51.6 Å². The molecule has 0 aliphatic rings. The number of rotatable bonds is 7. The molecule has 0 unspecified atom stereocenters. The molecule has 2 aromatic carbocycles. The predicted octanol–water partition coefficient (Wildman–Crippen LogP) is 5.39. The third kappa shape index (κ3) is 4.23. The van der Waals surface area contributed by atoms with Gasteiger partial charge in [-0.15, -0.1) is 17.8 Å². The summed E-state index contributed by atoms with van der Waals surface area (Å²) in [6.07, 6.45) is 8.21. The highest BCUT2D eigenvalue weighted by molar-refractivity contribution is 7.13. The summed E-state index contributed by atoms with van der Waals surface area (Å²) in [5, 5.41) is 7.67. The van der Waals surface area contributed by atoms with Gasteiger partial charge in [0, 0.05) is 29.6 Å². The Labute approximate surface area is 174 Å². The number of nitrogens with one attached hydrogen (secondary N) is 1.